The number of hydrogen-bond donors (Lipinski definition) is 1. The number of ether oxygens (including phenoxy) is 1. The Morgan fingerprint density at radius 1 is 1.31 bits per heavy atom. The van der Waals surface area contributed by atoms with E-state index in [-0.39, 0.29) is 0 Å². The molecule has 1 aromatic carbocycles. The highest BCUT2D eigenvalue weighted by molar-refractivity contribution is 9.10. The Bertz CT molecular complexity index is 378. The predicted octanol–water partition coefficient (Wildman–Crippen LogP) is 3.81. The second-order valence-electron chi connectivity index (χ2n) is 4.79. The zero-order valence-corrected chi connectivity index (χ0v) is 12.1. The first-order valence-electron chi connectivity index (χ1n) is 5.37. The third-order valence-electron chi connectivity index (χ3n) is 2.60. The van der Waals surface area contributed by atoms with Crippen LogP contribution in [0.2, 0.25) is 0 Å². The van der Waals surface area contributed by atoms with Crippen LogP contribution in [0, 0.1) is 0 Å². The zero-order chi connectivity index (χ0) is 12.5. The van der Waals surface area contributed by atoms with Crippen LogP contribution in [-0.4, -0.2) is 12.2 Å². The summed E-state index contributed by atoms with van der Waals surface area (Å²) in [4.78, 5) is 0. The van der Waals surface area contributed by atoms with Crippen LogP contribution in [0.25, 0.3) is 0 Å². The van der Waals surface area contributed by atoms with Gasteiger partial charge in [-0.3, -0.25) is 0 Å². The van der Waals surface area contributed by atoms with E-state index in [4.69, 9.17) is 4.74 Å². The van der Waals surface area contributed by atoms with Gasteiger partial charge in [0, 0.05) is 10.0 Å². The van der Waals surface area contributed by atoms with Crippen LogP contribution < -0.4 is 4.74 Å². The van der Waals surface area contributed by atoms with Gasteiger partial charge in [0.15, 0.2) is 0 Å². The summed E-state index contributed by atoms with van der Waals surface area (Å²) in [5.74, 6) is 1.15. The molecule has 0 aromatic heterocycles. The Labute approximate surface area is 106 Å². The minimum atomic E-state index is -0.899. The van der Waals surface area contributed by atoms with E-state index in [0.29, 0.717) is 5.92 Å². The van der Waals surface area contributed by atoms with Crippen LogP contribution in [0.15, 0.2) is 16.6 Å². The summed E-state index contributed by atoms with van der Waals surface area (Å²) >= 11 is 3.54. The lowest BCUT2D eigenvalue weighted by atomic mass is 9.93. The molecule has 0 saturated heterocycles. The van der Waals surface area contributed by atoms with Crippen molar-refractivity contribution in [3.05, 3.63) is 27.7 Å². The summed E-state index contributed by atoms with van der Waals surface area (Å²) in [6.45, 7) is 7.77. The molecule has 0 unspecified atom stereocenters. The van der Waals surface area contributed by atoms with Gasteiger partial charge in [0.25, 0.3) is 0 Å². The highest BCUT2D eigenvalue weighted by Crippen LogP contribution is 2.36. The van der Waals surface area contributed by atoms with Crippen LogP contribution in [0.3, 0.4) is 0 Å². The normalized spacial score (nSPS) is 12.0. The second kappa shape index (κ2) is 4.76. The lowest BCUT2D eigenvalue weighted by Gasteiger charge is -2.23. The van der Waals surface area contributed by atoms with Crippen molar-refractivity contribution in [2.45, 2.75) is 39.2 Å². The van der Waals surface area contributed by atoms with Crippen molar-refractivity contribution in [3.8, 4) is 5.75 Å². The number of methoxy groups -OCH3 is 1. The first kappa shape index (κ1) is 13.5. The van der Waals surface area contributed by atoms with Gasteiger partial charge < -0.3 is 9.84 Å². The number of benzene rings is 1. The summed E-state index contributed by atoms with van der Waals surface area (Å²) in [6.07, 6.45) is 0. The number of hydrogen-bond acceptors (Lipinski definition) is 2. The topological polar surface area (TPSA) is 29.5 Å². The van der Waals surface area contributed by atoms with E-state index in [2.05, 4.69) is 29.8 Å². The molecule has 16 heavy (non-hydrogen) atoms. The molecule has 0 radical (unpaired) electrons. The van der Waals surface area contributed by atoms with E-state index in [1.54, 1.807) is 21.0 Å². The second-order valence-corrected chi connectivity index (χ2v) is 5.64. The van der Waals surface area contributed by atoms with Gasteiger partial charge in [0.05, 0.1) is 12.7 Å². The van der Waals surface area contributed by atoms with Crippen molar-refractivity contribution in [3.63, 3.8) is 0 Å². The van der Waals surface area contributed by atoms with Gasteiger partial charge in [-0.05, 0) is 37.5 Å². The molecule has 0 amide bonds. The Hall–Kier alpha value is -0.540. The van der Waals surface area contributed by atoms with Crippen molar-refractivity contribution < 1.29 is 9.84 Å². The molecule has 0 spiro atoms. The van der Waals surface area contributed by atoms with Gasteiger partial charge in [-0.15, -0.1) is 0 Å². The molecule has 0 saturated carbocycles. The minimum absolute atomic E-state index is 0.416. The van der Waals surface area contributed by atoms with Gasteiger partial charge in [-0.2, -0.15) is 0 Å². The van der Waals surface area contributed by atoms with Crippen LogP contribution in [0.1, 0.15) is 44.7 Å². The molecule has 0 aliphatic carbocycles. The fraction of sp³-hybridized carbons (Fsp3) is 0.538. The molecule has 1 rings (SSSR count). The van der Waals surface area contributed by atoms with E-state index in [9.17, 15) is 5.11 Å². The van der Waals surface area contributed by atoms with Gasteiger partial charge >= 0.3 is 0 Å². The first-order chi connectivity index (χ1) is 7.27. The molecule has 1 aromatic rings. The molecular formula is C13H19BrO2. The summed E-state index contributed by atoms with van der Waals surface area (Å²) in [6, 6.07) is 3.93. The third kappa shape index (κ3) is 2.77. The standard InChI is InChI=1S/C13H19BrO2/c1-8(2)9-6-12(16-5)10(7-11(9)14)13(3,4)15/h6-8,15H,1-5H3. The molecule has 0 bridgehead atoms. The Morgan fingerprint density at radius 2 is 1.88 bits per heavy atom. The Morgan fingerprint density at radius 3 is 2.25 bits per heavy atom. The van der Waals surface area contributed by atoms with Crippen LogP contribution in [0.5, 0.6) is 5.75 Å². The quantitative estimate of drug-likeness (QED) is 0.916. The molecule has 0 aliphatic rings. The van der Waals surface area contributed by atoms with E-state index in [0.717, 1.165) is 15.8 Å². The molecule has 0 atom stereocenters. The summed E-state index contributed by atoms with van der Waals surface area (Å²) < 4.78 is 6.35. The molecule has 3 heteroatoms. The largest absolute Gasteiger partial charge is 0.496 e. The SMILES string of the molecule is COc1cc(C(C)C)c(Br)cc1C(C)(C)O. The molecule has 90 valence electrons. The molecular weight excluding hydrogens is 268 g/mol. The molecule has 0 heterocycles. The van der Waals surface area contributed by atoms with Crippen molar-refractivity contribution in [1.82, 2.24) is 0 Å². The van der Waals surface area contributed by atoms with Crippen molar-refractivity contribution in [1.29, 1.82) is 0 Å². The zero-order valence-electron chi connectivity index (χ0n) is 10.5. The molecule has 0 fully saturated rings. The molecule has 2 nitrogen and oxygen atoms in total. The minimum Gasteiger partial charge on any atom is -0.496 e. The lowest BCUT2D eigenvalue weighted by molar-refractivity contribution is 0.0755. The van der Waals surface area contributed by atoms with Gasteiger partial charge in [-0.1, -0.05) is 29.8 Å². The maximum atomic E-state index is 10.1. The van der Waals surface area contributed by atoms with Gasteiger partial charge in [-0.25, -0.2) is 0 Å². The monoisotopic (exact) mass is 286 g/mol. The average Bonchev–Trinajstić information content (AvgIpc) is 2.15. The number of halogens is 1. The van der Waals surface area contributed by atoms with Crippen LogP contribution in [-0.2, 0) is 5.60 Å². The fourth-order valence-electron chi connectivity index (χ4n) is 1.66. The third-order valence-corrected chi connectivity index (χ3v) is 3.29. The van der Waals surface area contributed by atoms with Crippen LogP contribution >= 0.6 is 15.9 Å². The van der Waals surface area contributed by atoms with Crippen molar-refractivity contribution in [2.75, 3.05) is 7.11 Å². The highest BCUT2D eigenvalue weighted by atomic mass is 79.9. The number of rotatable bonds is 3. The number of aliphatic hydroxyl groups is 1. The maximum absolute atomic E-state index is 10.1. The van der Waals surface area contributed by atoms with E-state index in [1.807, 2.05) is 12.1 Å². The highest BCUT2D eigenvalue weighted by Gasteiger charge is 2.23. The first-order valence-corrected chi connectivity index (χ1v) is 6.17. The maximum Gasteiger partial charge on any atom is 0.125 e. The van der Waals surface area contributed by atoms with Gasteiger partial charge in [0.1, 0.15) is 5.75 Å². The smallest absolute Gasteiger partial charge is 0.125 e. The fourth-order valence-corrected chi connectivity index (χ4v) is 2.46. The Kier molecular flexibility index (Phi) is 4.02. The Balaban J connectivity index is 3.38. The van der Waals surface area contributed by atoms with Crippen LogP contribution in [0.4, 0.5) is 0 Å². The van der Waals surface area contributed by atoms with E-state index >= 15 is 0 Å². The van der Waals surface area contributed by atoms with E-state index in [1.165, 1.54) is 5.56 Å². The summed E-state index contributed by atoms with van der Waals surface area (Å²) in [7, 11) is 1.63. The summed E-state index contributed by atoms with van der Waals surface area (Å²) in [5, 5.41) is 10.1. The molecule has 0 aliphatic heterocycles. The van der Waals surface area contributed by atoms with Crippen molar-refractivity contribution in [2.24, 2.45) is 0 Å². The molecule has 1 N–H and O–H groups in total. The predicted molar refractivity (Wildman–Crippen MR) is 70.0 cm³/mol. The summed E-state index contributed by atoms with van der Waals surface area (Å²) in [5.41, 5.74) is 1.08. The van der Waals surface area contributed by atoms with Crippen molar-refractivity contribution >= 4 is 15.9 Å². The van der Waals surface area contributed by atoms with E-state index < -0.39 is 5.60 Å². The average molecular weight is 287 g/mol. The van der Waals surface area contributed by atoms with Gasteiger partial charge in [0.2, 0.25) is 0 Å². The lowest BCUT2D eigenvalue weighted by Crippen LogP contribution is -2.17.